The minimum atomic E-state index is -0.494. The second-order valence-electron chi connectivity index (χ2n) is 6.38. The Morgan fingerprint density at radius 2 is 1.33 bits per heavy atom. The van der Waals surface area contributed by atoms with E-state index < -0.39 is 17.6 Å². The summed E-state index contributed by atoms with van der Waals surface area (Å²) in [5, 5.41) is 8.40. The number of hydrogen-bond acceptors (Lipinski definition) is 6. The largest absolute Gasteiger partial charge is 0.489 e. The van der Waals surface area contributed by atoms with Crippen LogP contribution in [0.2, 0.25) is 0 Å². The maximum absolute atomic E-state index is 12.7. The molecule has 2 aromatic rings. The van der Waals surface area contributed by atoms with E-state index in [1.807, 2.05) is 18.2 Å². The Morgan fingerprint density at radius 3 is 2.00 bits per heavy atom. The number of urea groups is 1. The van der Waals surface area contributed by atoms with Crippen LogP contribution in [0.1, 0.15) is 6.92 Å². The van der Waals surface area contributed by atoms with Gasteiger partial charge in [-0.3, -0.25) is 9.59 Å². The highest BCUT2D eigenvalue weighted by molar-refractivity contribution is 6.24. The second-order valence-corrected chi connectivity index (χ2v) is 6.38. The van der Waals surface area contributed by atoms with Crippen molar-refractivity contribution in [1.82, 2.24) is 0 Å². The third kappa shape index (κ3) is 4.33. The maximum Gasteiger partial charge on any atom is 0.323 e. The van der Waals surface area contributed by atoms with Gasteiger partial charge in [-0.2, -0.15) is 0 Å². The van der Waals surface area contributed by atoms with Crippen LogP contribution >= 0.6 is 0 Å². The third-order valence-corrected chi connectivity index (χ3v) is 4.39. The summed E-state index contributed by atoms with van der Waals surface area (Å²) in [7, 11) is 2.61. The number of amides is 2. The fourth-order valence-electron chi connectivity index (χ4n) is 2.93. The molecule has 0 saturated heterocycles. The number of Topliss-reactive ketones (excluding diaryl/α,β-unsaturated/α-hetero) is 2. The summed E-state index contributed by atoms with van der Waals surface area (Å²) in [5.41, 5.74) is 1.96. The molecular weight excluding hydrogens is 386 g/mol. The molecule has 2 amide bonds. The van der Waals surface area contributed by atoms with E-state index in [-0.39, 0.29) is 22.8 Å². The van der Waals surface area contributed by atoms with Crippen molar-refractivity contribution in [3.05, 3.63) is 77.4 Å². The lowest BCUT2D eigenvalue weighted by Gasteiger charge is -2.21. The van der Waals surface area contributed by atoms with Crippen molar-refractivity contribution in [2.24, 2.45) is 0 Å². The lowest BCUT2D eigenvalue weighted by molar-refractivity contribution is -0.121. The lowest BCUT2D eigenvalue weighted by atomic mass is 9.97. The van der Waals surface area contributed by atoms with Gasteiger partial charge in [0.1, 0.15) is 0 Å². The van der Waals surface area contributed by atoms with Crippen LogP contribution in [-0.4, -0.2) is 31.8 Å². The van der Waals surface area contributed by atoms with Crippen molar-refractivity contribution in [3.8, 4) is 0 Å². The fourth-order valence-corrected chi connectivity index (χ4v) is 2.93. The topological polar surface area (TPSA) is 106 Å². The first-order chi connectivity index (χ1) is 14.4. The molecule has 0 bridgehead atoms. The summed E-state index contributed by atoms with van der Waals surface area (Å²) in [6.45, 7) is 1.53. The van der Waals surface area contributed by atoms with Gasteiger partial charge in [-0.05, 0) is 37.3 Å². The Morgan fingerprint density at radius 1 is 0.767 bits per heavy atom. The molecule has 2 aromatic carbocycles. The molecule has 3 N–H and O–H groups in total. The SMILES string of the molecule is COC1=C(OC)C(=O)C(Nc2cccc(NC(=O)Nc3ccccc3)c2)=C(C)C1=O. The number of para-hydroxylation sites is 1. The number of rotatable bonds is 6. The zero-order chi connectivity index (χ0) is 21.7. The quantitative estimate of drug-likeness (QED) is 0.631. The summed E-state index contributed by atoms with van der Waals surface area (Å²) in [6, 6.07) is 15.4. The Bertz CT molecular complexity index is 1060. The van der Waals surface area contributed by atoms with Crippen molar-refractivity contribution in [2.45, 2.75) is 6.92 Å². The van der Waals surface area contributed by atoms with Crippen LogP contribution in [0.4, 0.5) is 21.9 Å². The van der Waals surface area contributed by atoms with Crippen molar-refractivity contribution in [1.29, 1.82) is 0 Å². The zero-order valence-electron chi connectivity index (χ0n) is 16.7. The van der Waals surface area contributed by atoms with Gasteiger partial charge in [0.05, 0.1) is 19.9 Å². The van der Waals surface area contributed by atoms with Crippen LogP contribution in [0.3, 0.4) is 0 Å². The van der Waals surface area contributed by atoms with Crippen molar-refractivity contribution >= 4 is 34.7 Å². The van der Waals surface area contributed by atoms with Crippen LogP contribution < -0.4 is 16.0 Å². The zero-order valence-corrected chi connectivity index (χ0v) is 16.7. The van der Waals surface area contributed by atoms with Gasteiger partial charge in [0.25, 0.3) is 0 Å². The van der Waals surface area contributed by atoms with E-state index in [4.69, 9.17) is 9.47 Å². The van der Waals surface area contributed by atoms with Gasteiger partial charge in [0, 0.05) is 22.6 Å². The molecular formula is C22H21N3O5. The summed E-state index contributed by atoms with van der Waals surface area (Å²) in [6.07, 6.45) is 0. The van der Waals surface area contributed by atoms with Gasteiger partial charge in [0.15, 0.2) is 0 Å². The van der Waals surface area contributed by atoms with Crippen LogP contribution in [0, 0.1) is 0 Å². The van der Waals surface area contributed by atoms with Gasteiger partial charge in [-0.1, -0.05) is 24.3 Å². The predicted molar refractivity (Wildman–Crippen MR) is 113 cm³/mol. The fraction of sp³-hybridized carbons (Fsp3) is 0.136. The molecule has 0 unspecified atom stereocenters. The van der Waals surface area contributed by atoms with Crippen molar-refractivity contribution in [2.75, 3.05) is 30.2 Å². The smallest absolute Gasteiger partial charge is 0.323 e. The van der Waals surface area contributed by atoms with Gasteiger partial charge in [-0.15, -0.1) is 0 Å². The molecule has 8 nitrogen and oxygen atoms in total. The Balaban J connectivity index is 1.76. The molecule has 1 aliphatic carbocycles. The van der Waals surface area contributed by atoms with Crippen LogP contribution in [0.5, 0.6) is 0 Å². The monoisotopic (exact) mass is 407 g/mol. The molecule has 154 valence electrons. The average Bonchev–Trinajstić information content (AvgIpc) is 2.74. The molecule has 3 rings (SSSR count). The predicted octanol–water partition coefficient (Wildman–Crippen LogP) is 3.67. The first-order valence-corrected chi connectivity index (χ1v) is 9.07. The normalized spacial score (nSPS) is 13.8. The van der Waals surface area contributed by atoms with E-state index in [1.165, 1.54) is 21.1 Å². The summed E-state index contributed by atoms with van der Waals surface area (Å²) in [4.78, 5) is 37.4. The van der Waals surface area contributed by atoms with E-state index in [9.17, 15) is 14.4 Å². The molecule has 0 aromatic heterocycles. The second kappa shape index (κ2) is 8.95. The minimum absolute atomic E-state index is 0.0866. The van der Waals surface area contributed by atoms with Gasteiger partial charge >= 0.3 is 6.03 Å². The summed E-state index contributed by atoms with van der Waals surface area (Å²) >= 11 is 0. The molecule has 0 radical (unpaired) electrons. The number of ether oxygens (including phenoxy) is 2. The number of allylic oxidation sites excluding steroid dienone is 1. The minimum Gasteiger partial charge on any atom is -0.489 e. The van der Waals surface area contributed by atoms with Crippen molar-refractivity contribution < 1.29 is 23.9 Å². The molecule has 0 heterocycles. The number of nitrogens with one attached hydrogen (secondary N) is 3. The number of carbonyl (C=O) groups is 3. The summed E-state index contributed by atoms with van der Waals surface area (Å²) < 4.78 is 10.1. The number of hydrogen-bond donors (Lipinski definition) is 3. The van der Waals surface area contributed by atoms with Gasteiger partial charge in [0.2, 0.25) is 23.1 Å². The number of carbonyl (C=O) groups excluding carboxylic acids is 3. The summed E-state index contributed by atoms with van der Waals surface area (Å²) in [5.74, 6) is -1.22. The highest BCUT2D eigenvalue weighted by atomic mass is 16.5. The van der Waals surface area contributed by atoms with Crippen LogP contribution in [0.15, 0.2) is 77.4 Å². The average molecular weight is 407 g/mol. The van der Waals surface area contributed by atoms with E-state index in [2.05, 4.69) is 16.0 Å². The number of ketones is 2. The lowest BCUT2D eigenvalue weighted by Crippen LogP contribution is -2.28. The number of benzene rings is 2. The van der Waals surface area contributed by atoms with Crippen LogP contribution in [0.25, 0.3) is 0 Å². The first-order valence-electron chi connectivity index (χ1n) is 9.07. The Hall–Kier alpha value is -4.07. The Labute approximate surface area is 173 Å². The molecule has 0 fully saturated rings. The molecule has 0 spiro atoms. The Kier molecular flexibility index (Phi) is 6.17. The molecule has 8 heteroatoms. The first kappa shape index (κ1) is 20.7. The molecule has 1 aliphatic rings. The molecule has 0 aliphatic heterocycles. The van der Waals surface area contributed by atoms with Gasteiger partial charge < -0.3 is 25.4 Å². The molecule has 30 heavy (non-hydrogen) atoms. The van der Waals surface area contributed by atoms with E-state index in [1.54, 1.807) is 36.4 Å². The van der Waals surface area contributed by atoms with Crippen LogP contribution in [-0.2, 0) is 19.1 Å². The molecule has 0 atom stereocenters. The van der Waals surface area contributed by atoms with Crippen molar-refractivity contribution in [3.63, 3.8) is 0 Å². The molecule has 0 saturated carbocycles. The highest BCUT2D eigenvalue weighted by Crippen LogP contribution is 2.27. The van der Waals surface area contributed by atoms with E-state index >= 15 is 0 Å². The number of anilines is 3. The standard InChI is InChI=1S/C22H21N3O5/c1-13-17(19(27)21(30-3)20(29-2)18(13)26)23-15-10-7-11-16(12-15)25-22(28)24-14-8-5-4-6-9-14/h4-12,23H,1-3H3,(H2,24,25,28). The van der Waals surface area contributed by atoms with Gasteiger partial charge in [-0.25, -0.2) is 4.79 Å². The highest BCUT2D eigenvalue weighted by Gasteiger charge is 2.35. The number of methoxy groups -OCH3 is 2. The van der Waals surface area contributed by atoms with E-state index in [0.29, 0.717) is 17.1 Å². The maximum atomic E-state index is 12.7. The van der Waals surface area contributed by atoms with E-state index in [0.717, 1.165) is 0 Å². The third-order valence-electron chi connectivity index (χ3n) is 4.39.